The molecule has 0 aromatic heterocycles. The first kappa shape index (κ1) is 63.6. The number of benzene rings is 2. The molecule has 3 rings (SSSR count). The molecule has 0 unspecified atom stereocenters. The fourth-order valence-corrected chi connectivity index (χ4v) is 8.41. The van der Waals surface area contributed by atoms with E-state index in [1.165, 1.54) is 29.2 Å². The van der Waals surface area contributed by atoms with Gasteiger partial charge in [0, 0.05) is 25.8 Å². The molecular formula is C52H75N9O16. The lowest BCUT2D eigenvalue weighted by Crippen LogP contribution is -2.62. The van der Waals surface area contributed by atoms with E-state index in [-0.39, 0.29) is 50.3 Å². The maximum Gasteiger partial charge on any atom is 0.326 e. The van der Waals surface area contributed by atoms with Crippen LogP contribution in [0.25, 0.3) is 0 Å². The van der Waals surface area contributed by atoms with E-state index >= 15 is 0 Å². The third-order valence-corrected chi connectivity index (χ3v) is 12.9. The molecule has 14 N–H and O–H groups in total. The molecule has 25 nitrogen and oxygen atoms in total. The van der Waals surface area contributed by atoms with Gasteiger partial charge in [-0.25, -0.2) is 4.79 Å². The molecule has 424 valence electrons. The quantitative estimate of drug-likeness (QED) is 0.0433. The molecule has 1 saturated heterocycles. The van der Waals surface area contributed by atoms with Crippen LogP contribution in [0.2, 0.25) is 0 Å². The van der Waals surface area contributed by atoms with Gasteiger partial charge in [-0.05, 0) is 66.7 Å². The van der Waals surface area contributed by atoms with Crippen LogP contribution in [-0.4, -0.2) is 163 Å². The molecule has 1 aliphatic heterocycles. The minimum atomic E-state index is -1.83. The van der Waals surface area contributed by atoms with Gasteiger partial charge in [0.25, 0.3) is 0 Å². The summed E-state index contributed by atoms with van der Waals surface area (Å²) in [6, 6.07) is 1.17. The van der Waals surface area contributed by atoms with Crippen LogP contribution in [0.4, 0.5) is 0 Å². The molecule has 1 heterocycles. The predicted octanol–water partition coefficient (Wildman–Crippen LogP) is -0.946. The van der Waals surface area contributed by atoms with E-state index in [2.05, 4.69) is 37.2 Å². The number of phenolic OH excluding ortho intramolecular Hbond substituents is 1. The number of nitrogens with two attached hydrogens (primary N) is 1. The highest BCUT2D eigenvalue weighted by Gasteiger charge is 2.41. The van der Waals surface area contributed by atoms with E-state index in [1.807, 2.05) is 0 Å². The van der Waals surface area contributed by atoms with Crippen molar-refractivity contribution >= 4 is 65.2 Å². The first-order valence-corrected chi connectivity index (χ1v) is 25.5. The van der Waals surface area contributed by atoms with Crippen molar-refractivity contribution < 1.29 is 78.3 Å². The van der Waals surface area contributed by atoms with Gasteiger partial charge in [0.2, 0.25) is 47.3 Å². The number of rotatable bonds is 31. The number of aromatic hydroxyl groups is 1. The standard InChI is InChI=1S/C52H75N9O16/c1-7-29(6)43(60-46(70)35(55-44(68)33(53)26-62)23-31-15-17-32(63)18-16-31)50(74)56-36(25-41(66)67)47(71)59-42(28(4)5)49(73)57-37(22-27(2)3)51(75)61-21-11-14-39(61)48(72)54-34(19-20-40(64)65)45(69)58-38(52(76)77)24-30-12-9-8-10-13-30/h8-10,12-13,15-18,27-29,33-39,42-43,62-63H,7,11,14,19-26,53H2,1-6H3,(H,54,72)(H,55,68)(H,56,74)(H,57,73)(H,58,69)(H,59,71)(H,60,70)(H,64,65)(H,66,67)(H,76,77)/t29-,33-,34-,35-,36-,37-,38-,39-,42-,43-/m0/s1. The Morgan fingerprint density at radius 3 is 1.71 bits per heavy atom. The Hall–Kier alpha value is -7.67. The number of aliphatic carboxylic acids is 3. The lowest BCUT2D eigenvalue weighted by atomic mass is 9.96. The minimum absolute atomic E-state index is 0.0317. The van der Waals surface area contributed by atoms with Crippen LogP contribution in [-0.2, 0) is 65.6 Å². The molecule has 10 atom stereocenters. The summed E-state index contributed by atoms with van der Waals surface area (Å²) in [4.78, 5) is 148. The number of aliphatic hydroxyl groups is 1. The van der Waals surface area contributed by atoms with Crippen molar-refractivity contribution in [3.63, 3.8) is 0 Å². The smallest absolute Gasteiger partial charge is 0.326 e. The molecule has 1 aliphatic rings. The second kappa shape index (κ2) is 30.8. The highest BCUT2D eigenvalue weighted by molar-refractivity contribution is 5.99. The number of hydrogen-bond donors (Lipinski definition) is 13. The van der Waals surface area contributed by atoms with Gasteiger partial charge >= 0.3 is 17.9 Å². The Kier molecular flexibility index (Phi) is 25.4. The van der Waals surface area contributed by atoms with Crippen molar-refractivity contribution in [3.05, 3.63) is 65.7 Å². The normalized spacial score (nSPS) is 16.7. The summed E-state index contributed by atoms with van der Waals surface area (Å²) in [5.74, 6) is -13.1. The third-order valence-electron chi connectivity index (χ3n) is 12.9. The number of nitrogens with one attached hydrogen (secondary N) is 7. The van der Waals surface area contributed by atoms with Crippen LogP contribution in [0, 0.1) is 17.8 Å². The molecule has 0 saturated carbocycles. The van der Waals surface area contributed by atoms with E-state index in [0.717, 1.165) is 0 Å². The lowest BCUT2D eigenvalue weighted by molar-refractivity contribution is -0.144. The molecular weight excluding hydrogens is 1010 g/mol. The van der Waals surface area contributed by atoms with Gasteiger partial charge in [0.05, 0.1) is 13.0 Å². The summed E-state index contributed by atoms with van der Waals surface area (Å²) >= 11 is 0. The van der Waals surface area contributed by atoms with Gasteiger partial charge in [-0.3, -0.25) is 47.9 Å². The Labute approximate surface area is 446 Å². The first-order chi connectivity index (χ1) is 36.3. The van der Waals surface area contributed by atoms with Crippen molar-refractivity contribution in [1.82, 2.24) is 42.1 Å². The van der Waals surface area contributed by atoms with Crippen LogP contribution in [0.15, 0.2) is 54.6 Å². The van der Waals surface area contributed by atoms with E-state index < -0.39 is 157 Å². The molecule has 0 bridgehead atoms. The number of carbonyl (C=O) groups excluding carboxylic acids is 8. The molecule has 8 amide bonds. The zero-order chi connectivity index (χ0) is 57.7. The monoisotopic (exact) mass is 1080 g/mol. The topological polar surface area (TPSA) is 402 Å². The SMILES string of the molecule is CC[C@H](C)[C@H](NC(=O)[C@H](Cc1ccc(O)cc1)NC(=O)[C@@H](N)CO)C(=O)N[C@@H](CC(=O)O)C(=O)N[C@H](C(=O)N[C@@H](CC(C)C)C(=O)N1CCC[C@H]1C(=O)N[C@@H](CCC(=O)O)C(=O)N[C@@H](Cc1ccccc1)C(=O)O)C(C)C. The van der Waals surface area contributed by atoms with Crippen LogP contribution in [0.5, 0.6) is 5.75 Å². The van der Waals surface area contributed by atoms with Crippen molar-refractivity contribution in [2.24, 2.45) is 23.5 Å². The summed E-state index contributed by atoms with van der Waals surface area (Å²) in [6.45, 7) is 9.24. The van der Waals surface area contributed by atoms with Crippen LogP contribution >= 0.6 is 0 Å². The number of likely N-dealkylation sites (tertiary alicyclic amines) is 1. The van der Waals surface area contributed by atoms with Crippen molar-refractivity contribution in [1.29, 1.82) is 0 Å². The zero-order valence-electron chi connectivity index (χ0n) is 44.2. The number of hydrogen-bond acceptors (Lipinski definition) is 14. The number of nitrogens with zero attached hydrogens (tertiary/aromatic N) is 1. The number of phenols is 1. The Morgan fingerprint density at radius 1 is 0.623 bits per heavy atom. The van der Waals surface area contributed by atoms with E-state index in [0.29, 0.717) is 17.5 Å². The molecule has 2 aromatic carbocycles. The van der Waals surface area contributed by atoms with Gasteiger partial charge in [-0.1, -0.05) is 90.4 Å². The lowest BCUT2D eigenvalue weighted by Gasteiger charge is -2.32. The summed E-state index contributed by atoms with van der Waals surface area (Å²) in [5.41, 5.74) is 6.75. The van der Waals surface area contributed by atoms with Crippen molar-refractivity contribution in [2.45, 2.75) is 154 Å². The van der Waals surface area contributed by atoms with Gasteiger partial charge in [0.1, 0.15) is 60.1 Å². The molecule has 0 aliphatic carbocycles. The molecule has 77 heavy (non-hydrogen) atoms. The highest BCUT2D eigenvalue weighted by atomic mass is 16.4. The number of carboxylic acids is 3. The average Bonchev–Trinajstić information content (AvgIpc) is 3.87. The average molecular weight is 1080 g/mol. The maximum atomic E-state index is 14.4. The molecule has 0 radical (unpaired) electrons. The first-order valence-electron chi connectivity index (χ1n) is 25.5. The zero-order valence-corrected chi connectivity index (χ0v) is 44.2. The molecule has 1 fully saturated rings. The minimum Gasteiger partial charge on any atom is -0.508 e. The summed E-state index contributed by atoms with van der Waals surface area (Å²) in [5, 5.41) is 65.9. The predicted molar refractivity (Wildman–Crippen MR) is 276 cm³/mol. The van der Waals surface area contributed by atoms with Crippen LogP contribution < -0.4 is 43.0 Å². The summed E-state index contributed by atoms with van der Waals surface area (Å²) in [6.07, 6.45) is -1.51. The number of carboxylic acid groups (broad SMARTS) is 3. The van der Waals surface area contributed by atoms with Gasteiger partial charge in [0.15, 0.2) is 0 Å². The van der Waals surface area contributed by atoms with E-state index in [1.54, 1.807) is 71.9 Å². The van der Waals surface area contributed by atoms with Gasteiger partial charge < -0.3 is 73.4 Å². The van der Waals surface area contributed by atoms with Crippen LogP contribution in [0.1, 0.15) is 97.6 Å². The summed E-state index contributed by atoms with van der Waals surface area (Å²) in [7, 11) is 0. The molecule has 25 heteroatoms. The van der Waals surface area contributed by atoms with Gasteiger partial charge in [-0.15, -0.1) is 0 Å². The van der Waals surface area contributed by atoms with Crippen LogP contribution in [0.3, 0.4) is 0 Å². The second-order valence-corrected chi connectivity index (χ2v) is 19.9. The Balaban J connectivity index is 1.83. The van der Waals surface area contributed by atoms with E-state index in [9.17, 15) is 78.3 Å². The number of amides is 8. The maximum absolute atomic E-state index is 14.4. The second-order valence-electron chi connectivity index (χ2n) is 19.9. The third kappa shape index (κ3) is 20.4. The fraction of sp³-hybridized carbons (Fsp3) is 0.558. The Bertz CT molecular complexity index is 2390. The summed E-state index contributed by atoms with van der Waals surface area (Å²) < 4.78 is 0. The van der Waals surface area contributed by atoms with Crippen molar-refractivity contribution in [2.75, 3.05) is 13.2 Å². The molecule has 2 aromatic rings. The van der Waals surface area contributed by atoms with E-state index in [4.69, 9.17) is 5.73 Å². The fourth-order valence-electron chi connectivity index (χ4n) is 8.41. The number of aliphatic hydroxyl groups excluding tert-OH is 1. The van der Waals surface area contributed by atoms with Gasteiger partial charge in [-0.2, -0.15) is 0 Å². The number of carbonyl (C=O) groups is 11. The van der Waals surface area contributed by atoms with Crippen molar-refractivity contribution in [3.8, 4) is 5.75 Å². The molecule has 0 spiro atoms. The highest BCUT2D eigenvalue weighted by Crippen LogP contribution is 2.22. The largest absolute Gasteiger partial charge is 0.508 e. The Morgan fingerprint density at radius 2 is 1.16 bits per heavy atom.